The zero-order valence-electron chi connectivity index (χ0n) is 12.1. The van der Waals surface area contributed by atoms with Crippen LogP contribution in [0.5, 0.6) is 11.5 Å². The molecule has 22 heavy (non-hydrogen) atoms. The zero-order chi connectivity index (χ0) is 15.9. The van der Waals surface area contributed by atoms with Crippen molar-refractivity contribution in [1.29, 1.82) is 0 Å². The van der Waals surface area contributed by atoms with Crippen molar-refractivity contribution < 1.29 is 14.3 Å². The van der Waals surface area contributed by atoms with Crippen molar-refractivity contribution >= 4 is 33.2 Å². The number of hydrogen-bond donors (Lipinski definition) is 1. The third kappa shape index (κ3) is 4.35. The topological polar surface area (TPSA) is 47.6 Å². The van der Waals surface area contributed by atoms with Crippen LogP contribution in [-0.2, 0) is 6.54 Å². The van der Waals surface area contributed by atoms with Crippen LogP contribution in [0.2, 0.25) is 0 Å². The lowest BCUT2D eigenvalue weighted by Crippen LogP contribution is -2.22. The van der Waals surface area contributed by atoms with Crippen LogP contribution in [0.4, 0.5) is 0 Å². The molecule has 1 N–H and O–H groups in total. The Morgan fingerprint density at radius 3 is 2.86 bits per heavy atom. The van der Waals surface area contributed by atoms with Crippen molar-refractivity contribution in [3.05, 3.63) is 57.2 Å². The number of ether oxygens (including phenoxy) is 2. The van der Waals surface area contributed by atoms with Crippen molar-refractivity contribution in [2.75, 3.05) is 13.7 Å². The smallest absolute Gasteiger partial charge is 0.251 e. The molecule has 0 saturated heterocycles. The van der Waals surface area contributed by atoms with Gasteiger partial charge in [0, 0.05) is 20.3 Å². The average molecular weight is 382 g/mol. The Hall–Kier alpha value is -1.79. The summed E-state index contributed by atoms with van der Waals surface area (Å²) >= 11 is 4.98. The molecule has 1 aromatic carbocycles. The molecule has 0 aliphatic carbocycles. The van der Waals surface area contributed by atoms with Crippen LogP contribution in [0.1, 0.15) is 15.2 Å². The van der Waals surface area contributed by atoms with Gasteiger partial charge in [0.05, 0.1) is 13.7 Å². The van der Waals surface area contributed by atoms with E-state index in [1.807, 2.05) is 11.4 Å². The molecule has 6 heteroatoms. The van der Waals surface area contributed by atoms with E-state index >= 15 is 0 Å². The molecule has 4 nitrogen and oxygen atoms in total. The molecule has 0 radical (unpaired) electrons. The van der Waals surface area contributed by atoms with Crippen molar-refractivity contribution in [1.82, 2.24) is 5.32 Å². The second-order valence-electron chi connectivity index (χ2n) is 4.38. The highest BCUT2D eigenvalue weighted by atomic mass is 79.9. The first-order valence-corrected chi connectivity index (χ1v) is 8.24. The fourth-order valence-electron chi connectivity index (χ4n) is 1.79. The van der Waals surface area contributed by atoms with E-state index in [0.717, 1.165) is 9.35 Å². The first-order chi connectivity index (χ1) is 10.6. The zero-order valence-corrected chi connectivity index (χ0v) is 14.5. The number of methoxy groups -OCH3 is 1. The van der Waals surface area contributed by atoms with Gasteiger partial charge in [-0.1, -0.05) is 12.7 Å². The standard InChI is InChI=1S/C16H16BrNO3S/c1-3-6-21-14-5-4-11(7-15(14)20-2)16(19)18-9-13-8-12(17)10-22-13/h3-5,7-8,10H,1,6,9H2,2H3,(H,18,19). The third-order valence-electron chi connectivity index (χ3n) is 2.83. The highest BCUT2D eigenvalue weighted by Crippen LogP contribution is 2.28. The van der Waals surface area contributed by atoms with Crippen molar-refractivity contribution in [2.45, 2.75) is 6.54 Å². The summed E-state index contributed by atoms with van der Waals surface area (Å²) in [6.07, 6.45) is 1.65. The van der Waals surface area contributed by atoms with Crippen LogP contribution in [0.15, 0.2) is 46.8 Å². The lowest BCUT2D eigenvalue weighted by atomic mass is 10.2. The summed E-state index contributed by atoms with van der Waals surface area (Å²) in [6.45, 7) is 4.48. The molecule has 116 valence electrons. The predicted molar refractivity (Wildman–Crippen MR) is 91.9 cm³/mol. The third-order valence-corrected chi connectivity index (χ3v) is 4.53. The van der Waals surface area contributed by atoms with Gasteiger partial charge in [0.2, 0.25) is 0 Å². The molecule has 0 aliphatic rings. The predicted octanol–water partition coefficient (Wildman–Crippen LogP) is 4.01. The van der Waals surface area contributed by atoms with E-state index in [1.54, 1.807) is 42.7 Å². The van der Waals surface area contributed by atoms with Crippen molar-refractivity contribution in [2.24, 2.45) is 0 Å². The number of benzene rings is 1. The van der Waals surface area contributed by atoms with Gasteiger partial charge in [0.25, 0.3) is 5.91 Å². The highest BCUT2D eigenvalue weighted by Gasteiger charge is 2.11. The second-order valence-corrected chi connectivity index (χ2v) is 6.29. The maximum atomic E-state index is 12.2. The van der Waals surface area contributed by atoms with Gasteiger partial charge in [-0.2, -0.15) is 0 Å². The molecule has 0 aliphatic heterocycles. The summed E-state index contributed by atoms with van der Waals surface area (Å²) in [4.78, 5) is 13.3. The van der Waals surface area contributed by atoms with Gasteiger partial charge in [-0.25, -0.2) is 0 Å². The lowest BCUT2D eigenvalue weighted by Gasteiger charge is -2.11. The molecule has 0 saturated carbocycles. The Kier molecular flexibility index (Phi) is 6.03. The summed E-state index contributed by atoms with van der Waals surface area (Å²) in [5.41, 5.74) is 0.526. The molecule has 1 aromatic heterocycles. The number of rotatable bonds is 7. The SMILES string of the molecule is C=CCOc1ccc(C(=O)NCc2cc(Br)cs2)cc1OC. The number of amides is 1. The molecule has 0 atom stereocenters. The first-order valence-electron chi connectivity index (χ1n) is 6.57. The number of nitrogens with one attached hydrogen (secondary N) is 1. The summed E-state index contributed by atoms with van der Waals surface area (Å²) < 4.78 is 11.7. The van der Waals surface area contributed by atoms with E-state index in [0.29, 0.717) is 30.2 Å². The summed E-state index contributed by atoms with van der Waals surface area (Å²) in [7, 11) is 1.54. The van der Waals surface area contributed by atoms with Crippen LogP contribution in [0.3, 0.4) is 0 Å². The Bertz CT molecular complexity index is 669. The maximum absolute atomic E-state index is 12.2. The largest absolute Gasteiger partial charge is 0.493 e. The monoisotopic (exact) mass is 381 g/mol. The molecule has 0 fully saturated rings. The molecule has 2 rings (SSSR count). The van der Waals surface area contributed by atoms with E-state index in [1.165, 1.54) is 0 Å². The highest BCUT2D eigenvalue weighted by molar-refractivity contribution is 9.10. The van der Waals surface area contributed by atoms with Crippen LogP contribution in [-0.4, -0.2) is 19.6 Å². The molecule has 2 aromatic rings. The summed E-state index contributed by atoms with van der Waals surface area (Å²) in [5.74, 6) is 0.951. The number of halogens is 1. The molecule has 0 spiro atoms. The average Bonchev–Trinajstić information content (AvgIpc) is 2.95. The minimum atomic E-state index is -0.155. The Labute approximate surface area is 141 Å². The van der Waals surface area contributed by atoms with Gasteiger partial charge in [-0.05, 0) is 40.2 Å². The van der Waals surface area contributed by atoms with Gasteiger partial charge in [0.1, 0.15) is 6.61 Å². The van der Waals surface area contributed by atoms with Crippen LogP contribution < -0.4 is 14.8 Å². The van der Waals surface area contributed by atoms with Crippen molar-refractivity contribution in [3.8, 4) is 11.5 Å². The van der Waals surface area contributed by atoms with Gasteiger partial charge in [-0.3, -0.25) is 4.79 Å². The molecule has 0 bridgehead atoms. The van der Waals surface area contributed by atoms with Crippen LogP contribution in [0, 0.1) is 0 Å². The normalized spacial score (nSPS) is 10.1. The quantitative estimate of drug-likeness (QED) is 0.736. The van der Waals surface area contributed by atoms with Gasteiger partial charge in [-0.15, -0.1) is 11.3 Å². The van der Waals surface area contributed by atoms with Gasteiger partial charge in [0.15, 0.2) is 11.5 Å². The van der Waals surface area contributed by atoms with E-state index in [-0.39, 0.29) is 5.91 Å². The van der Waals surface area contributed by atoms with E-state index in [2.05, 4.69) is 27.8 Å². The van der Waals surface area contributed by atoms with E-state index in [4.69, 9.17) is 9.47 Å². The molecule has 0 unspecified atom stereocenters. The second kappa shape index (κ2) is 8.00. The van der Waals surface area contributed by atoms with Crippen LogP contribution >= 0.6 is 27.3 Å². The van der Waals surface area contributed by atoms with E-state index in [9.17, 15) is 4.79 Å². The van der Waals surface area contributed by atoms with Gasteiger partial charge < -0.3 is 14.8 Å². The number of carbonyl (C=O) groups excluding carboxylic acids is 1. The first kappa shape index (κ1) is 16.6. The Balaban J connectivity index is 2.04. The van der Waals surface area contributed by atoms with Crippen molar-refractivity contribution in [3.63, 3.8) is 0 Å². The van der Waals surface area contributed by atoms with E-state index < -0.39 is 0 Å². The number of thiophene rings is 1. The summed E-state index contributed by atoms with van der Waals surface area (Å²) in [6, 6.07) is 7.08. The molecule has 1 heterocycles. The van der Waals surface area contributed by atoms with Gasteiger partial charge >= 0.3 is 0 Å². The van der Waals surface area contributed by atoms with Crippen LogP contribution in [0.25, 0.3) is 0 Å². The minimum Gasteiger partial charge on any atom is -0.493 e. The number of carbonyl (C=O) groups is 1. The lowest BCUT2D eigenvalue weighted by molar-refractivity contribution is 0.0951. The molecular weight excluding hydrogens is 366 g/mol. The summed E-state index contributed by atoms with van der Waals surface area (Å²) in [5, 5.41) is 4.86. The fraction of sp³-hybridized carbons (Fsp3) is 0.188. The Morgan fingerprint density at radius 1 is 1.41 bits per heavy atom. The fourth-order valence-corrected chi connectivity index (χ4v) is 3.18. The molecular formula is C16H16BrNO3S. The molecule has 1 amide bonds. The number of hydrogen-bond acceptors (Lipinski definition) is 4. The minimum absolute atomic E-state index is 0.155. The maximum Gasteiger partial charge on any atom is 0.251 e. The Morgan fingerprint density at radius 2 is 2.23 bits per heavy atom.